The summed E-state index contributed by atoms with van der Waals surface area (Å²) in [5.74, 6) is 0. The predicted octanol–water partition coefficient (Wildman–Crippen LogP) is 3.64. The molecule has 0 atom stereocenters. The zero-order chi connectivity index (χ0) is 13.8. The van der Waals surface area contributed by atoms with E-state index in [9.17, 15) is 0 Å². The summed E-state index contributed by atoms with van der Waals surface area (Å²) in [6.07, 6.45) is 1.93. The van der Waals surface area contributed by atoms with Gasteiger partial charge in [-0.3, -0.25) is 4.68 Å². The zero-order valence-electron chi connectivity index (χ0n) is 11.7. The number of aryl methyl sites for hydroxylation is 1. The van der Waals surface area contributed by atoms with Crippen LogP contribution in [-0.2, 0) is 13.1 Å². The monoisotopic (exact) mass is 277 g/mol. The van der Waals surface area contributed by atoms with Crippen LogP contribution in [0.2, 0.25) is 5.02 Å². The molecule has 0 spiro atoms. The first kappa shape index (κ1) is 14.1. The van der Waals surface area contributed by atoms with Crippen molar-refractivity contribution < 1.29 is 0 Å². The maximum Gasteiger partial charge on any atom is 0.0571 e. The number of nitrogens with one attached hydrogen (secondary N) is 1. The third kappa shape index (κ3) is 2.99. The molecule has 102 valence electrons. The average molecular weight is 278 g/mol. The SMILES string of the molecule is CCNCc1ccc(Cl)cc1-c1cnn(CC)c1C. The lowest BCUT2D eigenvalue weighted by atomic mass is 10.0. The van der Waals surface area contributed by atoms with E-state index in [1.54, 1.807) is 0 Å². The van der Waals surface area contributed by atoms with Gasteiger partial charge in [-0.05, 0) is 43.7 Å². The Balaban J connectivity index is 2.46. The maximum atomic E-state index is 6.15. The van der Waals surface area contributed by atoms with Crippen molar-refractivity contribution in [1.29, 1.82) is 0 Å². The van der Waals surface area contributed by atoms with E-state index in [0.717, 1.165) is 30.2 Å². The molecular weight excluding hydrogens is 258 g/mol. The van der Waals surface area contributed by atoms with Crippen LogP contribution < -0.4 is 5.32 Å². The molecule has 1 aromatic heterocycles. The first-order valence-corrected chi connectivity index (χ1v) is 7.07. The number of rotatable bonds is 5. The first-order chi connectivity index (χ1) is 9.17. The van der Waals surface area contributed by atoms with Crippen LogP contribution in [0.15, 0.2) is 24.4 Å². The third-order valence-corrected chi connectivity index (χ3v) is 3.57. The molecule has 0 aliphatic heterocycles. The Bertz CT molecular complexity index is 561. The molecule has 0 fully saturated rings. The van der Waals surface area contributed by atoms with Gasteiger partial charge in [0.05, 0.1) is 6.20 Å². The fourth-order valence-corrected chi connectivity index (χ4v) is 2.42. The quantitative estimate of drug-likeness (QED) is 0.904. The molecule has 0 aliphatic rings. The molecule has 0 saturated carbocycles. The minimum atomic E-state index is 0.763. The van der Waals surface area contributed by atoms with Gasteiger partial charge in [0, 0.05) is 29.4 Å². The van der Waals surface area contributed by atoms with Crippen molar-refractivity contribution in [2.45, 2.75) is 33.9 Å². The molecule has 1 heterocycles. The largest absolute Gasteiger partial charge is 0.313 e. The zero-order valence-corrected chi connectivity index (χ0v) is 12.5. The highest BCUT2D eigenvalue weighted by atomic mass is 35.5. The molecule has 0 radical (unpaired) electrons. The second-order valence-electron chi connectivity index (χ2n) is 4.54. The molecule has 2 aromatic rings. The summed E-state index contributed by atoms with van der Waals surface area (Å²) in [4.78, 5) is 0. The number of benzene rings is 1. The normalized spacial score (nSPS) is 10.9. The number of hydrogen-bond acceptors (Lipinski definition) is 2. The maximum absolute atomic E-state index is 6.15. The van der Waals surface area contributed by atoms with Gasteiger partial charge < -0.3 is 5.32 Å². The van der Waals surface area contributed by atoms with Crippen molar-refractivity contribution in [1.82, 2.24) is 15.1 Å². The van der Waals surface area contributed by atoms with E-state index in [1.165, 1.54) is 16.8 Å². The lowest BCUT2D eigenvalue weighted by Gasteiger charge is -2.11. The Labute approximate surface area is 119 Å². The van der Waals surface area contributed by atoms with Gasteiger partial charge in [0.15, 0.2) is 0 Å². The van der Waals surface area contributed by atoms with Gasteiger partial charge >= 0.3 is 0 Å². The van der Waals surface area contributed by atoms with Gasteiger partial charge in [-0.2, -0.15) is 5.10 Å². The van der Waals surface area contributed by atoms with Crippen LogP contribution in [0.25, 0.3) is 11.1 Å². The summed E-state index contributed by atoms with van der Waals surface area (Å²) in [5.41, 5.74) is 4.77. The van der Waals surface area contributed by atoms with E-state index < -0.39 is 0 Å². The lowest BCUT2D eigenvalue weighted by Crippen LogP contribution is -2.12. The Hall–Kier alpha value is -1.32. The Morgan fingerprint density at radius 1 is 1.26 bits per heavy atom. The second kappa shape index (κ2) is 6.22. The molecule has 4 heteroatoms. The molecule has 19 heavy (non-hydrogen) atoms. The van der Waals surface area contributed by atoms with Crippen LogP contribution in [-0.4, -0.2) is 16.3 Å². The summed E-state index contributed by atoms with van der Waals surface area (Å²) in [6.45, 7) is 8.99. The highest BCUT2D eigenvalue weighted by molar-refractivity contribution is 6.30. The topological polar surface area (TPSA) is 29.9 Å². The van der Waals surface area contributed by atoms with E-state index in [4.69, 9.17) is 11.6 Å². The molecule has 0 aliphatic carbocycles. The van der Waals surface area contributed by atoms with Crippen molar-refractivity contribution in [3.05, 3.63) is 40.7 Å². The van der Waals surface area contributed by atoms with E-state index >= 15 is 0 Å². The van der Waals surface area contributed by atoms with Gasteiger partial charge in [0.2, 0.25) is 0 Å². The van der Waals surface area contributed by atoms with Crippen LogP contribution in [0, 0.1) is 6.92 Å². The average Bonchev–Trinajstić information content (AvgIpc) is 2.78. The molecule has 2 rings (SSSR count). The third-order valence-electron chi connectivity index (χ3n) is 3.33. The molecule has 3 nitrogen and oxygen atoms in total. The fourth-order valence-electron chi connectivity index (χ4n) is 2.24. The van der Waals surface area contributed by atoms with Gasteiger partial charge in [0.25, 0.3) is 0 Å². The molecule has 1 N–H and O–H groups in total. The van der Waals surface area contributed by atoms with Crippen LogP contribution in [0.4, 0.5) is 0 Å². The first-order valence-electron chi connectivity index (χ1n) is 6.69. The van der Waals surface area contributed by atoms with Crippen molar-refractivity contribution >= 4 is 11.6 Å². The van der Waals surface area contributed by atoms with Crippen LogP contribution in [0.1, 0.15) is 25.1 Å². The van der Waals surface area contributed by atoms with Crippen molar-refractivity contribution in [3.8, 4) is 11.1 Å². The smallest absolute Gasteiger partial charge is 0.0571 e. The van der Waals surface area contributed by atoms with Gasteiger partial charge in [-0.25, -0.2) is 0 Å². The summed E-state index contributed by atoms with van der Waals surface area (Å²) < 4.78 is 2.01. The fraction of sp³-hybridized carbons (Fsp3) is 0.400. The summed E-state index contributed by atoms with van der Waals surface area (Å²) in [6, 6.07) is 6.05. The summed E-state index contributed by atoms with van der Waals surface area (Å²) in [5, 5.41) is 8.54. The number of aromatic nitrogens is 2. The number of hydrogen-bond donors (Lipinski definition) is 1. The van der Waals surface area contributed by atoms with Crippen molar-refractivity contribution in [2.75, 3.05) is 6.54 Å². The molecule has 0 saturated heterocycles. The minimum absolute atomic E-state index is 0.763. The highest BCUT2D eigenvalue weighted by Crippen LogP contribution is 2.29. The Kier molecular flexibility index (Phi) is 4.61. The predicted molar refractivity (Wildman–Crippen MR) is 80.5 cm³/mol. The lowest BCUT2D eigenvalue weighted by molar-refractivity contribution is 0.640. The molecule has 1 aromatic carbocycles. The van der Waals surface area contributed by atoms with Crippen LogP contribution in [0.3, 0.4) is 0 Å². The summed E-state index contributed by atoms with van der Waals surface area (Å²) in [7, 11) is 0. The minimum Gasteiger partial charge on any atom is -0.313 e. The Morgan fingerprint density at radius 2 is 2.05 bits per heavy atom. The van der Waals surface area contributed by atoms with Gasteiger partial charge in [0.1, 0.15) is 0 Å². The molecule has 0 amide bonds. The van der Waals surface area contributed by atoms with Gasteiger partial charge in [-0.1, -0.05) is 24.6 Å². The standard InChI is InChI=1S/C15H20ClN3/c1-4-17-9-12-6-7-13(16)8-14(12)15-10-18-19(5-2)11(15)3/h6-8,10,17H,4-5,9H2,1-3H3. The van der Waals surface area contributed by atoms with E-state index in [0.29, 0.717) is 0 Å². The van der Waals surface area contributed by atoms with Crippen molar-refractivity contribution in [2.24, 2.45) is 0 Å². The van der Waals surface area contributed by atoms with Crippen molar-refractivity contribution in [3.63, 3.8) is 0 Å². The number of halogens is 1. The Morgan fingerprint density at radius 3 is 2.68 bits per heavy atom. The van der Waals surface area contributed by atoms with Crippen LogP contribution in [0.5, 0.6) is 0 Å². The highest BCUT2D eigenvalue weighted by Gasteiger charge is 2.12. The second-order valence-corrected chi connectivity index (χ2v) is 4.98. The van der Waals surface area contributed by atoms with E-state index in [2.05, 4.69) is 37.3 Å². The van der Waals surface area contributed by atoms with E-state index in [-0.39, 0.29) is 0 Å². The van der Waals surface area contributed by atoms with Crippen LogP contribution >= 0.6 is 11.6 Å². The molecule has 0 unspecified atom stereocenters. The number of nitrogens with zero attached hydrogens (tertiary/aromatic N) is 2. The summed E-state index contributed by atoms with van der Waals surface area (Å²) >= 11 is 6.15. The molecule has 0 bridgehead atoms. The molecular formula is C15H20ClN3. The van der Waals surface area contributed by atoms with Gasteiger partial charge in [-0.15, -0.1) is 0 Å². The van der Waals surface area contributed by atoms with E-state index in [1.807, 2.05) is 23.0 Å².